The molecule has 2 aromatic rings. The minimum atomic E-state index is -4.72. The zero-order chi connectivity index (χ0) is 14.0. The zero-order valence-electron chi connectivity index (χ0n) is 10.1. The van der Waals surface area contributed by atoms with Gasteiger partial charge in [0.25, 0.3) is 0 Å². The summed E-state index contributed by atoms with van der Waals surface area (Å²) in [4.78, 5) is 0. The van der Waals surface area contributed by atoms with Crippen molar-refractivity contribution in [3.8, 4) is 5.75 Å². The minimum absolute atomic E-state index is 0.302. The van der Waals surface area contributed by atoms with E-state index >= 15 is 0 Å². The summed E-state index contributed by atoms with van der Waals surface area (Å²) >= 11 is 0. The molecule has 0 aliphatic heterocycles. The number of hydrogen-bond acceptors (Lipinski definition) is 3. The molecule has 0 saturated carbocycles. The maximum atomic E-state index is 12.1. The highest BCUT2D eigenvalue weighted by atomic mass is 19.4. The summed E-state index contributed by atoms with van der Waals surface area (Å²) in [6.45, 7) is 1.76. The van der Waals surface area contributed by atoms with Gasteiger partial charge in [0.15, 0.2) is 0 Å². The SMILES string of the molecule is Cc1ccc(C(N)c2cccc(OC(F)(F)F)c2)o1. The van der Waals surface area contributed by atoms with Crippen molar-refractivity contribution in [2.24, 2.45) is 5.73 Å². The van der Waals surface area contributed by atoms with Crippen LogP contribution < -0.4 is 10.5 Å². The van der Waals surface area contributed by atoms with Crippen LogP contribution in [-0.2, 0) is 0 Å². The van der Waals surface area contributed by atoms with Crippen LogP contribution in [0.2, 0.25) is 0 Å². The molecular formula is C13H12F3NO2. The quantitative estimate of drug-likeness (QED) is 0.928. The normalized spacial score (nSPS) is 13.3. The van der Waals surface area contributed by atoms with Gasteiger partial charge in [-0.3, -0.25) is 0 Å². The predicted octanol–water partition coefficient (Wildman–Crippen LogP) is 3.53. The van der Waals surface area contributed by atoms with Gasteiger partial charge in [-0.2, -0.15) is 0 Å². The number of nitrogens with two attached hydrogens (primary N) is 1. The molecule has 19 heavy (non-hydrogen) atoms. The molecule has 2 rings (SSSR count). The molecule has 1 heterocycles. The molecule has 0 saturated heterocycles. The highest BCUT2D eigenvalue weighted by Crippen LogP contribution is 2.27. The molecule has 1 atom stereocenters. The fraction of sp³-hybridized carbons (Fsp3) is 0.231. The molecule has 102 valence electrons. The lowest BCUT2D eigenvalue weighted by molar-refractivity contribution is -0.274. The standard InChI is InChI=1S/C13H12F3NO2/c1-8-5-6-11(18-8)12(17)9-3-2-4-10(7-9)19-13(14,15)16/h2-7,12H,17H2,1H3. The first-order valence-electron chi connectivity index (χ1n) is 5.53. The van der Waals surface area contributed by atoms with Crippen LogP contribution in [0.1, 0.15) is 23.1 Å². The molecule has 1 unspecified atom stereocenters. The predicted molar refractivity (Wildman–Crippen MR) is 62.6 cm³/mol. The van der Waals surface area contributed by atoms with Crippen LogP contribution in [0.4, 0.5) is 13.2 Å². The Labute approximate surface area is 107 Å². The number of benzene rings is 1. The zero-order valence-corrected chi connectivity index (χ0v) is 10.1. The number of halogens is 3. The van der Waals surface area contributed by atoms with Crippen LogP contribution in [0.25, 0.3) is 0 Å². The van der Waals surface area contributed by atoms with Crippen LogP contribution in [-0.4, -0.2) is 6.36 Å². The number of hydrogen-bond donors (Lipinski definition) is 1. The molecule has 0 radical (unpaired) electrons. The Morgan fingerprint density at radius 1 is 1.21 bits per heavy atom. The van der Waals surface area contributed by atoms with Crippen molar-refractivity contribution in [2.45, 2.75) is 19.3 Å². The third-order valence-electron chi connectivity index (χ3n) is 2.52. The minimum Gasteiger partial charge on any atom is -0.464 e. The van der Waals surface area contributed by atoms with E-state index < -0.39 is 12.4 Å². The van der Waals surface area contributed by atoms with Gasteiger partial charge >= 0.3 is 6.36 Å². The smallest absolute Gasteiger partial charge is 0.464 e. The molecule has 0 bridgehead atoms. The van der Waals surface area contributed by atoms with E-state index in [1.54, 1.807) is 25.1 Å². The van der Waals surface area contributed by atoms with Crippen molar-refractivity contribution in [3.63, 3.8) is 0 Å². The Bertz CT molecular complexity index is 563. The molecule has 1 aromatic heterocycles. The average Bonchev–Trinajstić information content (AvgIpc) is 2.73. The maximum Gasteiger partial charge on any atom is 0.573 e. The summed E-state index contributed by atoms with van der Waals surface area (Å²) in [5, 5.41) is 0. The first-order chi connectivity index (χ1) is 8.85. The summed E-state index contributed by atoms with van der Waals surface area (Å²) in [5.74, 6) is 0.874. The molecule has 2 N–H and O–H groups in total. The van der Waals surface area contributed by atoms with Gasteiger partial charge < -0.3 is 14.9 Å². The molecule has 0 aliphatic carbocycles. The molecule has 6 heteroatoms. The van der Waals surface area contributed by atoms with Crippen molar-refractivity contribution < 1.29 is 22.3 Å². The average molecular weight is 271 g/mol. The van der Waals surface area contributed by atoms with Gasteiger partial charge in [-0.1, -0.05) is 12.1 Å². The number of ether oxygens (including phenoxy) is 1. The number of alkyl halides is 3. The van der Waals surface area contributed by atoms with Gasteiger partial charge in [0, 0.05) is 0 Å². The van der Waals surface area contributed by atoms with Crippen molar-refractivity contribution in [1.29, 1.82) is 0 Å². The van der Waals surface area contributed by atoms with E-state index in [4.69, 9.17) is 10.2 Å². The Hall–Kier alpha value is -1.95. The first kappa shape index (κ1) is 13.5. The fourth-order valence-electron chi connectivity index (χ4n) is 1.69. The van der Waals surface area contributed by atoms with E-state index in [-0.39, 0.29) is 5.75 Å². The molecule has 0 amide bonds. The summed E-state index contributed by atoms with van der Waals surface area (Å²) in [6, 6.07) is 8.33. The number of furan rings is 1. The third-order valence-corrected chi connectivity index (χ3v) is 2.52. The topological polar surface area (TPSA) is 48.4 Å². The van der Waals surface area contributed by atoms with Crippen molar-refractivity contribution in [2.75, 3.05) is 0 Å². The second-order valence-electron chi connectivity index (χ2n) is 4.05. The monoisotopic (exact) mass is 271 g/mol. The van der Waals surface area contributed by atoms with Crippen LogP contribution in [0.5, 0.6) is 5.75 Å². The maximum absolute atomic E-state index is 12.1. The molecule has 0 spiro atoms. The largest absolute Gasteiger partial charge is 0.573 e. The van der Waals surface area contributed by atoms with E-state index in [1.165, 1.54) is 18.2 Å². The molecule has 1 aromatic carbocycles. The van der Waals surface area contributed by atoms with E-state index in [0.717, 1.165) is 0 Å². The second-order valence-corrected chi connectivity index (χ2v) is 4.05. The Morgan fingerprint density at radius 3 is 2.53 bits per heavy atom. The molecule has 0 aliphatic rings. The summed E-state index contributed by atoms with van der Waals surface area (Å²) in [6.07, 6.45) is -4.72. The van der Waals surface area contributed by atoms with Crippen molar-refractivity contribution >= 4 is 0 Å². The van der Waals surface area contributed by atoms with Gasteiger partial charge in [-0.15, -0.1) is 13.2 Å². The van der Waals surface area contributed by atoms with Crippen LogP contribution in [0.3, 0.4) is 0 Å². The molecule has 0 fully saturated rings. The van der Waals surface area contributed by atoms with Gasteiger partial charge in [0.1, 0.15) is 17.3 Å². The summed E-state index contributed by atoms with van der Waals surface area (Å²) in [5.41, 5.74) is 6.41. The first-order valence-corrected chi connectivity index (χ1v) is 5.53. The number of aryl methyl sites for hydroxylation is 1. The Morgan fingerprint density at radius 2 is 1.95 bits per heavy atom. The van der Waals surface area contributed by atoms with Crippen LogP contribution >= 0.6 is 0 Å². The van der Waals surface area contributed by atoms with Crippen LogP contribution in [0.15, 0.2) is 40.8 Å². The van der Waals surface area contributed by atoms with Gasteiger partial charge in [0.05, 0.1) is 6.04 Å². The Balaban J connectivity index is 2.23. The van der Waals surface area contributed by atoms with Gasteiger partial charge in [-0.25, -0.2) is 0 Å². The highest BCUT2D eigenvalue weighted by Gasteiger charge is 2.31. The highest BCUT2D eigenvalue weighted by molar-refractivity contribution is 5.34. The van der Waals surface area contributed by atoms with Crippen molar-refractivity contribution in [3.05, 3.63) is 53.5 Å². The van der Waals surface area contributed by atoms with Crippen LogP contribution in [0, 0.1) is 6.92 Å². The van der Waals surface area contributed by atoms with Gasteiger partial charge in [0.2, 0.25) is 0 Å². The molecule has 3 nitrogen and oxygen atoms in total. The summed E-state index contributed by atoms with van der Waals surface area (Å²) < 4.78 is 45.6. The summed E-state index contributed by atoms with van der Waals surface area (Å²) in [7, 11) is 0. The van der Waals surface area contributed by atoms with Gasteiger partial charge in [-0.05, 0) is 36.8 Å². The van der Waals surface area contributed by atoms with E-state index in [1.807, 2.05) is 0 Å². The lowest BCUT2D eigenvalue weighted by Crippen LogP contribution is -2.18. The lowest BCUT2D eigenvalue weighted by atomic mass is 10.1. The van der Waals surface area contributed by atoms with Crippen molar-refractivity contribution in [1.82, 2.24) is 0 Å². The second kappa shape index (κ2) is 4.97. The lowest BCUT2D eigenvalue weighted by Gasteiger charge is -2.13. The molecular weight excluding hydrogens is 259 g/mol. The van der Waals surface area contributed by atoms with E-state index in [0.29, 0.717) is 17.1 Å². The number of rotatable bonds is 3. The Kier molecular flexibility index (Phi) is 3.53. The van der Waals surface area contributed by atoms with E-state index in [9.17, 15) is 13.2 Å². The van der Waals surface area contributed by atoms with E-state index in [2.05, 4.69) is 4.74 Å². The third kappa shape index (κ3) is 3.51. The fourth-order valence-corrected chi connectivity index (χ4v) is 1.69.